The van der Waals surface area contributed by atoms with Crippen molar-refractivity contribution in [3.8, 4) is 0 Å². The molecule has 3 nitrogen and oxygen atoms in total. The van der Waals surface area contributed by atoms with Gasteiger partial charge in [-0.3, -0.25) is 9.63 Å². The lowest BCUT2D eigenvalue weighted by Crippen LogP contribution is -2.29. The fourth-order valence-electron chi connectivity index (χ4n) is 1.35. The Kier molecular flexibility index (Phi) is 7.69. The molecule has 0 aliphatic carbocycles. The van der Waals surface area contributed by atoms with Crippen molar-refractivity contribution in [2.75, 3.05) is 7.11 Å². The molecule has 78 valence electrons. The van der Waals surface area contributed by atoms with Gasteiger partial charge in [0.05, 0.1) is 7.11 Å². The van der Waals surface area contributed by atoms with E-state index in [1.807, 2.05) is 6.92 Å². The van der Waals surface area contributed by atoms with Crippen molar-refractivity contribution in [3.05, 3.63) is 0 Å². The van der Waals surface area contributed by atoms with E-state index in [-0.39, 0.29) is 11.8 Å². The van der Waals surface area contributed by atoms with Crippen LogP contribution in [-0.4, -0.2) is 13.0 Å². The predicted molar refractivity (Wildman–Crippen MR) is 53.1 cm³/mol. The molecule has 0 radical (unpaired) electrons. The zero-order valence-corrected chi connectivity index (χ0v) is 8.93. The molecule has 3 heteroatoms. The van der Waals surface area contributed by atoms with E-state index in [2.05, 4.69) is 17.2 Å². The van der Waals surface area contributed by atoms with E-state index in [1.54, 1.807) is 0 Å². The largest absolute Gasteiger partial charge is 0.277 e. The van der Waals surface area contributed by atoms with Crippen molar-refractivity contribution in [1.82, 2.24) is 5.48 Å². The van der Waals surface area contributed by atoms with Gasteiger partial charge in [0.15, 0.2) is 0 Å². The van der Waals surface area contributed by atoms with Crippen LogP contribution in [0.25, 0.3) is 0 Å². The van der Waals surface area contributed by atoms with E-state index in [4.69, 9.17) is 0 Å². The second kappa shape index (κ2) is 8.05. The van der Waals surface area contributed by atoms with Gasteiger partial charge in [0.25, 0.3) is 0 Å². The summed E-state index contributed by atoms with van der Waals surface area (Å²) in [5.41, 5.74) is 2.38. The Morgan fingerprint density at radius 1 is 1.38 bits per heavy atom. The van der Waals surface area contributed by atoms with Crippen LogP contribution in [-0.2, 0) is 9.63 Å². The van der Waals surface area contributed by atoms with Gasteiger partial charge >= 0.3 is 0 Å². The summed E-state index contributed by atoms with van der Waals surface area (Å²) in [6, 6.07) is 0. The van der Waals surface area contributed by atoms with Gasteiger partial charge in [0.1, 0.15) is 0 Å². The van der Waals surface area contributed by atoms with Crippen molar-refractivity contribution >= 4 is 5.91 Å². The average Bonchev–Trinajstić information content (AvgIpc) is 2.13. The molecule has 1 N–H and O–H groups in total. The Labute approximate surface area is 80.8 Å². The van der Waals surface area contributed by atoms with Crippen molar-refractivity contribution < 1.29 is 9.63 Å². The highest BCUT2D eigenvalue weighted by molar-refractivity contribution is 5.77. The third-order valence-electron chi connectivity index (χ3n) is 2.22. The Hall–Kier alpha value is -0.570. The molecule has 0 saturated carbocycles. The third-order valence-corrected chi connectivity index (χ3v) is 2.22. The maximum atomic E-state index is 11.3. The van der Waals surface area contributed by atoms with E-state index in [1.165, 1.54) is 20.0 Å². The number of amides is 1. The Morgan fingerprint density at radius 2 is 2.08 bits per heavy atom. The molecule has 0 aromatic rings. The number of carbonyl (C=O) groups excluding carboxylic acids is 1. The number of nitrogens with one attached hydrogen (secondary N) is 1. The predicted octanol–water partition coefficient (Wildman–Crippen LogP) is 2.27. The molecule has 0 aliphatic rings. The normalized spacial score (nSPS) is 12.5. The van der Waals surface area contributed by atoms with E-state index >= 15 is 0 Å². The summed E-state index contributed by atoms with van der Waals surface area (Å²) >= 11 is 0. The number of rotatable bonds is 7. The van der Waals surface area contributed by atoms with Gasteiger partial charge in [-0.25, -0.2) is 5.48 Å². The van der Waals surface area contributed by atoms with E-state index < -0.39 is 0 Å². The first kappa shape index (κ1) is 12.4. The van der Waals surface area contributed by atoms with Crippen molar-refractivity contribution in [2.45, 2.75) is 46.0 Å². The van der Waals surface area contributed by atoms with Crippen LogP contribution in [0, 0.1) is 5.92 Å². The first-order valence-electron chi connectivity index (χ1n) is 5.09. The van der Waals surface area contributed by atoms with Crippen LogP contribution in [0.15, 0.2) is 0 Å². The van der Waals surface area contributed by atoms with Gasteiger partial charge in [-0.05, 0) is 12.8 Å². The van der Waals surface area contributed by atoms with Crippen LogP contribution < -0.4 is 5.48 Å². The van der Waals surface area contributed by atoms with Gasteiger partial charge in [0, 0.05) is 5.92 Å². The van der Waals surface area contributed by atoms with Gasteiger partial charge < -0.3 is 0 Å². The van der Waals surface area contributed by atoms with Gasteiger partial charge in [-0.15, -0.1) is 0 Å². The number of unbranched alkanes of at least 4 members (excludes halogenated alkanes) is 2. The van der Waals surface area contributed by atoms with Crippen LogP contribution in [0.5, 0.6) is 0 Å². The van der Waals surface area contributed by atoms with Crippen LogP contribution >= 0.6 is 0 Å². The first-order valence-corrected chi connectivity index (χ1v) is 5.09. The molecule has 13 heavy (non-hydrogen) atoms. The maximum Gasteiger partial charge on any atom is 0.246 e. The van der Waals surface area contributed by atoms with E-state index in [0.717, 1.165) is 19.3 Å². The minimum Gasteiger partial charge on any atom is -0.277 e. The highest BCUT2D eigenvalue weighted by atomic mass is 16.6. The first-order chi connectivity index (χ1) is 6.26. The quantitative estimate of drug-likeness (QED) is 0.490. The Balaban J connectivity index is 3.67. The minimum atomic E-state index is 0.0149. The molecule has 0 heterocycles. The van der Waals surface area contributed by atoms with Crippen LogP contribution in [0.1, 0.15) is 46.0 Å². The topological polar surface area (TPSA) is 38.3 Å². The third kappa shape index (κ3) is 5.64. The van der Waals surface area contributed by atoms with E-state index in [9.17, 15) is 4.79 Å². The molecule has 0 saturated heterocycles. The summed E-state index contributed by atoms with van der Waals surface area (Å²) in [5.74, 6) is 0.132. The molecule has 0 spiro atoms. The molecular formula is C10H21NO2. The molecule has 0 bridgehead atoms. The SMILES string of the molecule is CCCCCC(CC)C(=O)NOC. The highest BCUT2D eigenvalue weighted by Gasteiger charge is 2.14. The summed E-state index contributed by atoms with van der Waals surface area (Å²) in [5, 5.41) is 0. The lowest BCUT2D eigenvalue weighted by Gasteiger charge is -2.12. The van der Waals surface area contributed by atoms with E-state index in [0.29, 0.717) is 0 Å². The summed E-state index contributed by atoms with van der Waals surface area (Å²) in [7, 11) is 1.47. The van der Waals surface area contributed by atoms with Crippen molar-refractivity contribution in [3.63, 3.8) is 0 Å². The zero-order chi connectivity index (χ0) is 10.1. The lowest BCUT2D eigenvalue weighted by atomic mass is 9.98. The molecule has 1 amide bonds. The van der Waals surface area contributed by atoms with Crippen molar-refractivity contribution in [2.24, 2.45) is 5.92 Å². The fourth-order valence-corrected chi connectivity index (χ4v) is 1.35. The molecule has 0 aliphatic heterocycles. The summed E-state index contributed by atoms with van der Waals surface area (Å²) in [6.45, 7) is 4.20. The standard InChI is InChI=1S/C10H21NO2/c1-4-6-7-8-9(5-2)10(12)11-13-3/h9H,4-8H2,1-3H3,(H,11,12). The molecule has 0 aromatic carbocycles. The van der Waals surface area contributed by atoms with Crippen LogP contribution in [0.2, 0.25) is 0 Å². The second-order valence-electron chi connectivity index (χ2n) is 3.27. The molecule has 0 rings (SSSR count). The zero-order valence-electron chi connectivity index (χ0n) is 8.93. The fraction of sp³-hybridized carbons (Fsp3) is 0.900. The highest BCUT2D eigenvalue weighted by Crippen LogP contribution is 2.13. The van der Waals surface area contributed by atoms with Gasteiger partial charge in [0.2, 0.25) is 5.91 Å². The average molecular weight is 187 g/mol. The van der Waals surface area contributed by atoms with Gasteiger partial charge in [-0.1, -0.05) is 33.1 Å². The molecule has 0 aromatic heterocycles. The van der Waals surface area contributed by atoms with Crippen LogP contribution in [0.4, 0.5) is 0 Å². The number of hydroxylamine groups is 1. The number of carbonyl (C=O) groups is 1. The smallest absolute Gasteiger partial charge is 0.246 e. The monoisotopic (exact) mass is 187 g/mol. The number of hydrogen-bond acceptors (Lipinski definition) is 2. The molecule has 0 fully saturated rings. The lowest BCUT2D eigenvalue weighted by molar-refractivity contribution is -0.135. The number of hydrogen-bond donors (Lipinski definition) is 1. The van der Waals surface area contributed by atoms with Crippen LogP contribution in [0.3, 0.4) is 0 Å². The summed E-state index contributed by atoms with van der Waals surface area (Å²) < 4.78 is 0. The van der Waals surface area contributed by atoms with Crippen molar-refractivity contribution in [1.29, 1.82) is 0 Å². The molecule has 1 atom stereocenters. The molecule has 1 unspecified atom stereocenters. The van der Waals surface area contributed by atoms with Gasteiger partial charge in [-0.2, -0.15) is 0 Å². The maximum absolute atomic E-state index is 11.3. The summed E-state index contributed by atoms with van der Waals surface area (Å²) in [6.07, 6.45) is 5.39. The summed E-state index contributed by atoms with van der Waals surface area (Å²) in [4.78, 5) is 15.9. The Bertz CT molecular complexity index is 137. The molecular weight excluding hydrogens is 166 g/mol. The Morgan fingerprint density at radius 3 is 2.54 bits per heavy atom. The second-order valence-corrected chi connectivity index (χ2v) is 3.27. The minimum absolute atomic E-state index is 0.0149.